The van der Waals surface area contributed by atoms with Crippen molar-refractivity contribution in [1.82, 2.24) is 20.8 Å². The maximum atomic E-state index is 12.6. The van der Waals surface area contributed by atoms with Crippen LogP contribution in [-0.4, -0.2) is 41.8 Å². The van der Waals surface area contributed by atoms with Gasteiger partial charge in [0.05, 0.1) is 0 Å². The van der Waals surface area contributed by atoms with E-state index in [9.17, 15) is 4.79 Å². The van der Waals surface area contributed by atoms with Gasteiger partial charge in [0.15, 0.2) is 5.82 Å². The van der Waals surface area contributed by atoms with Gasteiger partial charge in [-0.15, -0.1) is 12.4 Å². The van der Waals surface area contributed by atoms with Crippen LogP contribution in [0.1, 0.15) is 58.3 Å². The number of piperidine rings is 1. The third-order valence-corrected chi connectivity index (χ3v) is 4.05. The highest BCUT2D eigenvalue weighted by atomic mass is 35.5. The number of aromatic nitrogens is 2. The fraction of sp³-hybridized carbons (Fsp3) is 0.800. The number of nitrogens with zero attached hydrogens (tertiary/aromatic N) is 2. The summed E-state index contributed by atoms with van der Waals surface area (Å²) in [4.78, 5) is 17.0. The second-order valence-electron chi connectivity index (χ2n) is 6.85. The number of carbonyl (C=O) groups excluding carboxylic acids is 1. The molecule has 0 aromatic carbocycles. The van der Waals surface area contributed by atoms with Gasteiger partial charge in [0.25, 0.3) is 5.91 Å². The van der Waals surface area contributed by atoms with Crippen LogP contribution in [0.3, 0.4) is 0 Å². The van der Waals surface area contributed by atoms with Gasteiger partial charge in [0.2, 0.25) is 5.89 Å². The molecular formula is C15H27ClN4O3. The summed E-state index contributed by atoms with van der Waals surface area (Å²) in [6, 6.07) is -0.349. The molecule has 0 aliphatic carbocycles. The number of hydrogen-bond donors (Lipinski definition) is 2. The van der Waals surface area contributed by atoms with E-state index in [4.69, 9.17) is 9.26 Å². The summed E-state index contributed by atoms with van der Waals surface area (Å²) in [6.07, 6.45) is 1.30. The van der Waals surface area contributed by atoms with Crippen molar-refractivity contribution in [2.75, 3.05) is 20.2 Å². The molecule has 1 aliphatic heterocycles. The van der Waals surface area contributed by atoms with Crippen molar-refractivity contribution in [3.63, 3.8) is 0 Å². The van der Waals surface area contributed by atoms with E-state index < -0.39 is 5.60 Å². The molecular weight excluding hydrogens is 320 g/mol. The summed E-state index contributed by atoms with van der Waals surface area (Å²) >= 11 is 0. The van der Waals surface area contributed by atoms with Gasteiger partial charge in [-0.3, -0.25) is 4.79 Å². The molecule has 2 heterocycles. The Labute approximate surface area is 143 Å². The summed E-state index contributed by atoms with van der Waals surface area (Å²) in [5, 5.41) is 10.2. The molecule has 0 bridgehead atoms. The van der Waals surface area contributed by atoms with Gasteiger partial charge >= 0.3 is 0 Å². The Morgan fingerprint density at radius 1 is 1.39 bits per heavy atom. The number of amides is 1. The molecule has 0 saturated carbocycles. The van der Waals surface area contributed by atoms with Crippen molar-refractivity contribution in [3.8, 4) is 0 Å². The lowest BCUT2D eigenvalue weighted by atomic mass is 9.91. The SMILES string of the molecule is COC1(C(=O)NC(C)c2nc(C(C)(C)C)no2)CCNCC1.Cl. The molecule has 1 unspecified atom stereocenters. The van der Waals surface area contributed by atoms with Gasteiger partial charge in [0.1, 0.15) is 11.6 Å². The van der Waals surface area contributed by atoms with Gasteiger partial charge in [0, 0.05) is 12.5 Å². The molecule has 2 rings (SSSR count). The lowest BCUT2D eigenvalue weighted by molar-refractivity contribution is -0.147. The molecule has 1 aromatic rings. The van der Waals surface area contributed by atoms with Crippen LogP contribution in [-0.2, 0) is 14.9 Å². The summed E-state index contributed by atoms with van der Waals surface area (Å²) in [5.41, 5.74) is -0.958. The molecule has 132 valence electrons. The molecule has 2 N–H and O–H groups in total. The minimum Gasteiger partial charge on any atom is -0.368 e. The molecule has 1 amide bonds. The number of methoxy groups -OCH3 is 1. The number of carbonyl (C=O) groups is 1. The Hall–Kier alpha value is -1.18. The smallest absolute Gasteiger partial charge is 0.252 e. The molecule has 1 saturated heterocycles. The van der Waals surface area contributed by atoms with Crippen LogP contribution < -0.4 is 10.6 Å². The maximum Gasteiger partial charge on any atom is 0.252 e. The van der Waals surface area contributed by atoms with Crippen molar-refractivity contribution in [3.05, 3.63) is 11.7 Å². The molecule has 1 aromatic heterocycles. The molecule has 8 heteroatoms. The minimum absolute atomic E-state index is 0. The van der Waals surface area contributed by atoms with E-state index in [1.54, 1.807) is 7.11 Å². The van der Waals surface area contributed by atoms with Crippen molar-refractivity contribution >= 4 is 18.3 Å². The predicted molar refractivity (Wildman–Crippen MR) is 88.6 cm³/mol. The number of halogens is 1. The summed E-state index contributed by atoms with van der Waals surface area (Å²) in [5.74, 6) is 0.921. The first kappa shape index (κ1) is 19.9. The lowest BCUT2D eigenvalue weighted by Crippen LogP contribution is -2.54. The standard InChI is InChI=1S/C15H26N4O3.ClH/c1-10(11-18-12(19-22-11)14(2,3)4)17-13(20)15(21-5)6-8-16-9-7-15;/h10,16H,6-9H2,1-5H3,(H,17,20);1H. The third kappa shape index (κ3) is 4.43. The fourth-order valence-corrected chi connectivity index (χ4v) is 2.46. The van der Waals surface area contributed by atoms with E-state index >= 15 is 0 Å². The van der Waals surface area contributed by atoms with Crippen LogP contribution >= 0.6 is 12.4 Å². The molecule has 1 fully saturated rings. The molecule has 1 atom stereocenters. The van der Waals surface area contributed by atoms with Crippen LogP contribution in [0.4, 0.5) is 0 Å². The van der Waals surface area contributed by atoms with Crippen molar-refractivity contribution in [2.24, 2.45) is 0 Å². The van der Waals surface area contributed by atoms with E-state index in [0.29, 0.717) is 24.6 Å². The average Bonchev–Trinajstić information content (AvgIpc) is 2.98. The molecule has 0 spiro atoms. The van der Waals surface area contributed by atoms with Gasteiger partial charge in [-0.1, -0.05) is 25.9 Å². The highest BCUT2D eigenvalue weighted by Gasteiger charge is 2.40. The summed E-state index contributed by atoms with van der Waals surface area (Å²) in [6.45, 7) is 9.41. The first-order valence-electron chi connectivity index (χ1n) is 7.69. The van der Waals surface area contributed by atoms with Crippen LogP contribution in [0.25, 0.3) is 0 Å². The average molecular weight is 347 g/mol. The van der Waals surface area contributed by atoms with Crippen LogP contribution in [0.5, 0.6) is 0 Å². The zero-order valence-electron chi connectivity index (χ0n) is 14.4. The Kier molecular flexibility index (Phi) is 6.56. The zero-order valence-corrected chi connectivity index (χ0v) is 15.2. The Bertz CT molecular complexity index is 521. The van der Waals surface area contributed by atoms with Crippen molar-refractivity contribution in [1.29, 1.82) is 0 Å². The van der Waals surface area contributed by atoms with Crippen molar-refractivity contribution < 1.29 is 14.1 Å². The lowest BCUT2D eigenvalue weighted by Gasteiger charge is -2.35. The molecule has 1 aliphatic rings. The van der Waals surface area contributed by atoms with Crippen molar-refractivity contribution in [2.45, 2.75) is 57.6 Å². The zero-order chi connectivity index (χ0) is 16.4. The Morgan fingerprint density at radius 3 is 2.48 bits per heavy atom. The van der Waals surface area contributed by atoms with Gasteiger partial charge < -0.3 is 19.9 Å². The van der Waals surface area contributed by atoms with E-state index in [-0.39, 0.29) is 29.8 Å². The normalized spacial score (nSPS) is 18.8. The predicted octanol–water partition coefficient (Wildman–Crippen LogP) is 1.73. The fourth-order valence-electron chi connectivity index (χ4n) is 2.46. The van der Waals surface area contributed by atoms with Crippen LogP contribution in [0.15, 0.2) is 4.52 Å². The summed E-state index contributed by atoms with van der Waals surface area (Å²) in [7, 11) is 1.58. The Morgan fingerprint density at radius 2 is 2.00 bits per heavy atom. The van der Waals surface area contributed by atoms with E-state index in [0.717, 1.165) is 13.1 Å². The van der Waals surface area contributed by atoms with Gasteiger partial charge in [-0.2, -0.15) is 4.98 Å². The third-order valence-electron chi connectivity index (χ3n) is 4.05. The maximum absolute atomic E-state index is 12.6. The molecule has 23 heavy (non-hydrogen) atoms. The quantitative estimate of drug-likeness (QED) is 0.863. The largest absolute Gasteiger partial charge is 0.368 e. The van der Waals surface area contributed by atoms with E-state index in [1.807, 2.05) is 27.7 Å². The van der Waals surface area contributed by atoms with E-state index in [2.05, 4.69) is 20.8 Å². The van der Waals surface area contributed by atoms with Gasteiger partial charge in [-0.05, 0) is 32.9 Å². The molecule has 0 radical (unpaired) electrons. The van der Waals surface area contributed by atoms with Gasteiger partial charge in [-0.25, -0.2) is 0 Å². The number of ether oxygens (including phenoxy) is 1. The first-order chi connectivity index (χ1) is 10.3. The van der Waals surface area contributed by atoms with E-state index in [1.165, 1.54) is 0 Å². The van der Waals surface area contributed by atoms with Crippen LogP contribution in [0, 0.1) is 0 Å². The van der Waals surface area contributed by atoms with Crippen LogP contribution in [0.2, 0.25) is 0 Å². The highest BCUT2D eigenvalue weighted by Crippen LogP contribution is 2.25. The summed E-state index contributed by atoms with van der Waals surface area (Å²) < 4.78 is 10.8. The second-order valence-corrected chi connectivity index (χ2v) is 6.85. The topological polar surface area (TPSA) is 89.3 Å². The second kappa shape index (κ2) is 7.59. The number of hydrogen-bond acceptors (Lipinski definition) is 6. The highest BCUT2D eigenvalue weighted by molar-refractivity contribution is 5.86. The number of rotatable bonds is 4. The first-order valence-corrected chi connectivity index (χ1v) is 7.69. The number of nitrogens with one attached hydrogen (secondary N) is 2. The Balaban J connectivity index is 0.00000264. The molecule has 7 nitrogen and oxygen atoms in total. The monoisotopic (exact) mass is 346 g/mol. The minimum atomic E-state index is -0.771.